The van der Waals surface area contributed by atoms with E-state index in [1.807, 2.05) is 52.0 Å². The largest absolute Gasteiger partial charge is 0.391 e. The van der Waals surface area contributed by atoms with Crippen LogP contribution in [0, 0.1) is 17.8 Å². The van der Waals surface area contributed by atoms with Crippen molar-refractivity contribution >= 4 is 58.2 Å². The maximum absolute atomic E-state index is 14.6. The minimum atomic E-state index is -1.47. The number of aliphatic hydroxyl groups excluding tert-OH is 1. The number of aliphatic hydroxyl groups is 1. The van der Waals surface area contributed by atoms with Crippen molar-refractivity contribution in [2.45, 2.75) is 161 Å². The molecule has 0 spiro atoms. The number of carbonyl (C=O) groups is 8. The van der Waals surface area contributed by atoms with Crippen molar-refractivity contribution in [2.24, 2.45) is 17.8 Å². The van der Waals surface area contributed by atoms with Crippen LogP contribution in [0.25, 0.3) is 10.9 Å². The lowest BCUT2D eigenvalue weighted by molar-refractivity contribution is -0.146. The van der Waals surface area contributed by atoms with Gasteiger partial charge in [0, 0.05) is 43.2 Å². The topological polar surface area (TPSA) is 242 Å². The molecule has 6 rings (SSSR count). The van der Waals surface area contributed by atoms with Gasteiger partial charge in [-0.15, -0.1) is 0 Å². The average Bonchev–Trinajstić information content (AvgIpc) is 4.09. The number of nitrogens with one attached hydrogen (secondary N) is 6. The molecule has 4 aliphatic rings. The fraction of sp³-hybridized carbons (Fsp3) is 0.660. The van der Waals surface area contributed by atoms with E-state index in [-0.39, 0.29) is 57.2 Å². The van der Waals surface area contributed by atoms with Gasteiger partial charge in [-0.2, -0.15) is 0 Å². The van der Waals surface area contributed by atoms with Gasteiger partial charge in [-0.25, -0.2) is 0 Å². The molecular weight excluding hydrogens is 835 g/mol. The van der Waals surface area contributed by atoms with E-state index in [1.165, 1.54) is 21.6 Å². The lowest BCUT2D eigenvalue weighted by Crippen LogP contribution is -2.62. The summed E-state index contributed by atoms with van der Waals surface area (Å²) in [5, 5.41) is 26.0. The zero-order valence-electron chi connectivity index (χ0n) is 38.9. The van der Waals surface area contributed by atoms with Crippen LogP contribution in [-0.4, -0.2) is 146 Å². The first kappa shape index (κ1) is 48.9. The molecule has 2 aromatic rings. The third-order valence-electron chi connectivity index (χ3n) is 13.2. The molecule has 65 heavy (non-hydrogen) atoms. The molecule has 0 saturated carbocycles. The summed E-state index contributed by atoms with van der Waals surface area (Å²) in [6.07, 6.45) is 3.16. The van der Waals surface area contributed by atoms with Crippen LogP contribution in [0.3, 0.4) is 0 Å². The lowest BCUT2D eigenvalue weighted by Gasteiger charge is -2.34. The zero-order chi connectivity index (χ0) is 47.3. The highest BCUT2D eigenvalue weighted by atomic mass is 16.3. The molecule has 18 nitrogen and oxygen atoms in total. The quantitative estimate of drug-likeness (QED) is 0.202. The Balaban J connectivity index is 1.38. The number of H-pyrrole nitrogens is 1. The number of benzene rings is 1. The van der Waals surface area contributed by atoms with Crippen molar-refractivity contribution in [2.75, 3.05) is 19.6 Å². The van der Waals surface area contributed by atoms with Crippen molar-refractivity contribution < 1.29 is 43.5 Å². The molecular formula is C47H69N9O9. The van der Waals surface area contributed by atoms with Crippen LogP contribution in [0.15, 0.2) is 30.5 Å². The van der Waals surface area contributed by atoms with Crippen molar-refractivity contribution in [1.29, 1.82) is 0 Å². The Bertz CT molecular complexity index is 2100. The Morgan fingerprint density at radius 1 is 0.554 bits per heavy atom. The Hall–Kier alpha value is -5.52. The first-order valence-corrected chi connectivity index (χ1v) is 23.5. The van der Waals surface area contributed by atoms with Crippen LogP contribution in [0.5, 0.6) is 0 Å². The van der Waals surface area contributed by atoms with Crippen LogP contribution >= 0.6 is 0 Å². The molecule has 4 fully saturated rings. The highest BCUT2D eigenvalue weighted by Crippen LogP contribution is 2.26. The SMILES string of the molecule is CC(C)C[C@H]1NC(=O)[C@@H]2CCCN2C(=O)[C@H](C(C)C)NC(=O)[C@H](Cc2c[nH]c3ccccc23)NC(=O)[C@H]2CCCN2C(=O)[C@@H](CC(C)C)NC(=O)[C@@H]2CCCN2C(=O)[C@H]([C@@H](C)O)NC1=O. The fourth-order valence-electron chi connectivity index (χ4n) is 9.81. The van der Waals surface area contributed by atoms with Gasteiger partial charge in [0.2, 0.25) is 47.3 Å². The number of nitrogens with zero attached hydrogens (tertiary/aromatic N) is 3. The van der Waals surface area contributed by atoms with E-state index in [2.05, 4.69) is 31.6 Å². The highest BCUT2D eigenvalue weighted by molar-refractivity contribution is 6.00. The summed E-state index contributed by atoms with van der Waals surface area (Å²) < 4.78 is 0. The van der Waals surface area contributed by atoms with Crippen molar-refractivity contribution in [1.82, 2.24) is 46.3 Å². The van der Waals surface area contributed by atoms with Gasteiger partial charge in [0.1, 0.15) is 48.3 Å². The Morgan fingerprint density at radius 2 is 1.00 bits per heavy atom. The number of carbonyl (C=O) groups excluding carboxylic acids is 8. The van der Waals surface area contributed by atoms with Gasteiger partial charge in [0.25, 0.3) is 0 Å². The van der Waals surface area contributed by atoms with Gasteiger partial charge in [0.05, 0.1) is 6.10 Å². The third-order valence-corrected chi connectivity index (χ3v) is 13.2. The second-order valence-corrected chi connectivity index (χ2v) is 19.5. The number of hydrogen-bond donors (Lipinski definition) is 7. The average molecular weight is 904 g/mol. The number of aromatic nitrogens is 1. The van der Waals surface area contributed by atoms with Gasteiger partial charge < -0.3 is 51.4 Å². The molecule has 9 atom stereocenters. The monoisotopic (exact) mass is 904 g/mol. The maximum atomic E-state index is 14.6. The summed E-state index contributed by atoms with van der Waals surface area (Å²) in [6.45, 7) is 13.1. The summed E-state index contributed by atoms with van der Waals surface area (Å²) in [5.74, 6) is -5.28. The Kier molecular flexibility index (Phi) is 16.0. The summed E-state index contributed by atoms with van der Waals surface area (Å²) in [6, 6.07) is -1.36. The summed E-state index contributed by atoms with van der Waals surface area (Å²) in [7, 11) is 0. The zero-order valence-corrected chi connectivity index (χ0v) is 38.9. The predicted octanol–water partition coefficient (Wildman–Crippen LogP) is 1.25. The maximum Gasteiger partial charge on any atom is 0.248 e. The van der Waals surface area contributed by atoms with Crippen LogP contribution < -0.4 is 26.6 Å². The fourth-order valence-corrected chi connectivity index (χ4v) is 9.81. The normalized spacial score (nSPS) is 28.8. The van der Waals surface area contributed by atoms with Crippen molar-refractivity contribution in [3.63, 3.8) is 0 Å². The van der Waals surface area contributed by atoms with E-state index in [1.54, 1.807) is 20.0 Å². The minimum absolute atomic E-state index is 0.0495. The number of amides is 8. The molecule has 0 radical (unpaired) electrons. The first-order chi connectivity index (χ1) is 30.9. The van der Waals surface area contributed by atoms with Crippen molar-refractivity contribution in [3.8, 4) is 0 Å². The smallest absolute Gasteiger partial charge is 0.248 e. The highest BCUT2D eigenvalue weighted by Gasteiger charge is 2.45. The molecule has 7 N–H and O–H groups in total. The van der Waals surface area contributed by atoms with E-state index in [4.69, 9.17) is 0 Å². The second-order valence-electron chi connectivity index (χ2n) is 19.5. The van der Waals surface area contributed by atoms with Gasteiger partial charge in [0.15, 0.2) is 0 Å². The standard InChI is InChI=1S/C47H69N9O9/c1-25(2)21-32-40(58)53-39(28(7)57)47(65)56-20-12-17-37(56)44(62)51-34(22-26(3)4)45(63)54-18-10-15-35(54)42(60)50-33(23-29-24-48-31-14-9-8-13-30(29)31)41(59)52-38(27(5)6)46(64)55-19-11-16-36(55)43(61)49-32/h8-9,13-14,24-28,32-39,48,57H,10-12,15-23H2,1-7H3,(H,49,61)(H,50,60)(H,51,62)(H,52,59)(H,53,58)/t28-,32-,33+,34-,35-,36+,37+,38+,39+/m1/s1. The number of rotatable bonds is 8. The molecule has 5 heterocycles. The van der Waals surface area contributed by atoms with Crippen LogP contribution in [-0.2, 0) is 44.8 Å². The second kappa shape index (κ2) is 21.2. The van der Waals surface area contributed by atoms with Gasteiger partial charge in [-0.1, -0.05) is 59.7 Å². The van der Waals surface area contributed by atoms with E-state index in [0.29, 0.717) is 32.1 Å². The number of aromatic amines is 1. The van der Waals surface area contributed by atoms with Gasteiger partial charge in [-0.3, -0.25) is 38.4 Å². The number of para-hydroxylation sites is 1. The van der Waals surface area contributed by atoms with Crippen LogP contribution in [0.1, 0.15) is 105 Å². The third kappa shape index (κ3) is 11.3. The molecule has 0 bridgehead atoms. The minimum Gasteiger partial charge on any atom is -0.391 e. The van der Waals surface area contributed by atoms with Crippen LogP contribution in [0.2, 0.25) is 0 Å². The van der Waals surface area contributed by atoms with E-state index in [9.17, 15) is 43.5 Å². The molecule has 1 aromatic heterocycles. The van der Waals surface area contributed by atoms with Crippen molar-refractivity contribution in [3.05, 3.63) is 36.0 Å². The first-order valence-electron chi connectivity index (χ1n) is 23.5. The molecule has 4 aliphatic heterocycles. The summed E-state index contributed by atoms with van der Waals surface area (Å²) in [4.78, 5) is 122. The predicted molar refractivity (Wildman–Crippen MR) is 241 cm³/mol. The molecule has 18 heteroatoms. The number of hydrogen-bond acceptors (Lipinski definition) is 9. The lowest BCUT2D eigenvalue weighted by atomic mass is 9.99. The van der Waals surface area contributed by atoms with E-state index in [0.717, 1.165) is 16.5 Å². The molecule has 4 saturated heterocycles. The van der Waals surface area contributed by atoms with E-state index < -0.39 is 108 Å². The number of fused-ring (bicyclic) bond motifs is 4. The molecule has 1 aromatic carbocycles. The molecule has 8 amide bonds. The van der Waals surface area contributed by atoms with E-state index >= 15 is 0 Å². The van der Waals surface area contributed by atoms with Gasteiger partial charge >= 0.3 is 0 Å². The Labute approximate surface area is 381 Å². The molecule has 356 valence electrons. The molecule has 0 unspecified atom stereocenters. The Morgan fingerprint density at radius 3 is 1.52 bits per heavy atom. The van der Waals surface area contributed by atoms with Crippen LogP contribution in [0.4, 0.5) is 0 Å². The summed E-state index contributed by atoms with van der Waals surface area (Å²) in [5.41, 5.74) is 1.58. The summed E-state index contributed by atoms with van der Waals surface area (Å²) >= 11 is 0. The van der Waals surface area contributed by atoms with Gasteiger partial charge in [-0.05, 0) is 87.7 Å². The molecule has 0 aliphatic carbocycles.